The van der Waals surface area contributed by atoms with Gasteiger partial charge in [-0.25, -0.2) is 4.98 Å². The molecular weight excluding hydrogens is 282 g/mol. The summed E-state index contributed by atoms with van der Waals surface area (Å²) in [5.74, 6) is 0.724. The van der Waals surface area contributed by atoms with Crippen LogP contribution in [0.3, 0.4) is 0 Å². The molecule has 0 unspecified atom stereocenters. The van der Waals surface area contributed by atoms with E-state index in [1.54, 1.807) is 0 Å². The van der Waals surface area contributed by atoms with Crippen LogP contribution in [0.25, 0.3) is 10.2 Å². The summed E-state index contributed by atoms with van der Waals surface area (Å²) in [4.78, 5) is 20.8. The van der Waals surface area contributed by atoms with Crippen LogP contribution in [0.5, 0.6) is 0 Å². The largest absolute Gasteiger partial charge is 0.397 e. The molecule has 0 aromatic carbocycles. The molecule has 1 aliphatic carbocycles. The van der Waals surface area contributed by atoms with Crippen LogP contribution >= 0.6 is 11.3 Å². The molecule has 21 heavy (non-hydrogen) atoms. The number of carbonyl (C=O) groups is 1. The van der Waals surface area contributed by atoms with E-state index in [1.165, 1.54) is 24.2 Å². The zero-order chi connectivity index (χ0) is 15.1. The van der Waals surface area contributed by atoms with Crippen molar-refractivity contribution in [2.45, 2.75) is 39.7 Å². The van der Waals surface area contributed by atoms with Crippen molar-refractivity contribution in [3.63, 3.8) is 0 Å². The molecule has 0 bridgehead atoms. The van der Waals surface area contributed by atoms with Crippen molar-refractivity contribution in [1.29, 1.82) is 0 Å². The van der Waals surface area contributed by atoms with Gasteiger partial charge >= 0.3 is 0 Å². The fourth-order valence-corrected chi connectivity index (χ4v) is 3.58. The maximum atomic E-state index is 12.9. The van der Waals surface area contributed by atoms with Gasteiger partial charge in [0.1, 0.15) is 9.71 Å². The Kier molecular flexibility index (Phi) is 3.61. The molecule has 0 spiro atoms. The lowest BCUT2D eigenvalue weighted by Gasteiger charge is -2.26. The summed E-state index contributed by atoms with van der Waals surface area (Å²) >= 11 is 1.41. The van der Waals surface area contributed by atoms with Gasteiger partial charge < -0.3 is 10.6 Å². The fourth-order valence-electron chi connectivity index (χ4n) is 2.49. The zero-order valence-electron chi connectivity index (χ0n) is 12.7. The second-order valence-corrected chi connectivity index (χ2v) is 7.14. The third kappa shape index (κ3) is 2.75. The predicted octanol–water partition coefficient (Wildman–Crippen LogP) is 3.45. The van der Waals surface area contributed by atoms with E-state index in [2.05, 4.69) is 18.8 Å². The molecule has 2 aromatic rings. The summed E-state index contributed by atoms with van der Waals surface area (Å²) in [7, 11) is 0. The highest BCUT2D eigenvalue weighted by atomic mass is 32.1. The van der Waals surface area contributed by atoms with Crippen LogP contribution < -0.4 is 5.73 Å². The number of rotatable bonds is 4. The minimum atomic E-state index is 0.0510. The van der Waals surface area contributed by atoms with Crippen molar-refractivity contribution in [2.24, 2.45) is 5.92 Å². The molecule has 5 heteroatoms. The van der Waals surface area contributed by atoms with Gasteiger partial charge in [0.05, 0.1) is 5.69 Å². The van der Waals surface area contributed by atoms with Gasteiger partial charge in [-0.05, 0) is 51.7 Å². The fraction of sp³-hybridized carbons (Fsp3) is 0.500. The summed E-state index contributed by atoms with van der Waals surface area (Å²) in [5.41, 5.74) is 7.72. The number of amides is 1. The van der Waals surface area contributed by atoms with Crippen molar-refractivity contribution in [2.75, 3.05) is 12.3 Å². The molecule has 1 aliphatic rings. The first-order valence-electron chi connectivity index (χ1n) is 7.44. The Hall–Kier alpha value is -1.62. The van der Waals surface area contributed by atoms with Gasteiger partial charge in [0.2, 0.25) is 0 Å². The van der Waals surface area contributed by atoms with E-state index in [9.17, 15) is 4.79 Å². The summed E-state index contributed by atoms with van der Waals surface area (Å²) < 4.78 is 0. The Bertz CT molecular complexity index is 688. The Labute approximate surface area is 129 Å². The number of fused-ring (bicyclic) bond motifs is 1. The van der Waals surface area contributed by atoms with Crippen LogP contribution in [-0.4, -0.2) is 28.4 Å². The van der Waals surface area contributed by atoms with Crippen molar-refractivity contribution in [3.8, 4) is 0 Å². The quantitative estimate of drug-likeness (QED) is 0.941. The first kappa shape index (κ1) is 14.3. The highest BCUT2D eigenvalue weighted by Gasteiger charge is 2.30. The van der Waals surface area contributed by atoms with Gasteiger partial charge in [0.15, 0.2) is 0 Å². The topological polar surface area (TPSA) is 59.2 Å². The molecule has 4 nitrogen and oxygen atoms in total. The van der Waals surface area contributed by atoms with Crippen LogP contribution in [0, 0.1) is 12.8 Å². The van der Waals surface area contributed by atoms with Crippen molar-refractivity contribution < 1.29 is 4.79 Å². The monoisotopic (exact) mass is 303 g/mol. The second kappa shape index (κ2) is 5.30. The van der Waals surface area contributed by atoms with E-state index >= 15 is 0 Å². The molecule has 0 aliphatic heterocycles. The van der Waals surface area contributed by atoms with Gasteiger partial charge in [-0.15, -0.1) is 11.3 Å². The van der Waals surface area contributed by atoms with Crippen molar-refractivity contribution in [3.05, 3.63) is 22.7 Å². The molecule has 1 amide bonds. The number of nitrogens with two attached hydrogens (primary N) is 1. The number of aromatic nitrogens is 1. The molecule has 0 atom stereocenters. The minimum Gasteiger partial charge on any atom is -0.397 e. The average Bonchev–Trinajstić information content (AvgIpc) is 3.19. The van der Waals surface area contributed by atoms with E-state index in [0.717, 1.165) is 22.5 Å². The van der Waals surface area contributed by atoms with Crippen LogP contribution in [-0.2, 0) is 0 Å². The van der Waals surface area contributed by atoms with Crippen LogP contribution in [0.2, 0.25) is 0 Å². The SMILES string of the molecule is Cc1ccc2c(N)c(C(=O)N(CC3CC3)C(C)C)sc2n1. The number of nitrogens with zero attached hydrogens (tertiary/aromatic N) is 2. The van der Waals surface area contributed by atoms with E-state index in [-0.39, 0.29) is 11.9 Å². The number of nitrogen functional groups attached to an aromatic ring is 1. The van der Waals surface area contributed by atoms with Crippen LogP contribution in [0.1, 0.15) is 42.1 Å². The molecule has 1 fully saturated rings. The molecule has 2 aromatic heterocycles. The highest BCUT2D eigenvalue weighted by molar-refractivity contribution is 7.21. The third-order valence-electron chi connectivity index (χ3n) is 3.96. The summed E-state index contributed by atoms with van der Waals surface area (Å²) in [6.07, 6.45) is 2.47. The number of aryl methyl sites for hydroxylation is 1. The summed E-state index contributed by atoms with van der Waals surface area (Å²) in [6.45, 7) is 6.92. The molecule has 0 radical (unpaired) electrons. The maximum absolute atomic E-state index is 12.9. The van der Waals surface area contributed by atoms with Gasteiger partial charge in [-0.1, -0.05) is 0 Å². The standard InChI is InChI=1S/C16H21N3OS/c1-9(2)19(8-11-5-6-11)16(20)14-13(17)12-7-4-10(3)18-15(12)21-14/h4,7,9,11H,5-6,8,17H2,1-3H3. The molecule has 2 N–H and O–H groups in total. The van der Waals surface area contributed by atoms with Crippen molar-refractivity contribution in [1.82, 2.24) is 9.88 Å². The van der Waals surface area contributed by atoms with Gasteiger partial charge in [0.25, 0.3) is 5.91 Å². The van der Waals surface area contributed by atoms with Crippen LogP contribution in [0.15, 0.2) is 12.1 Å². The molecular formula is C16H21N3OS. The molecule has 112 valence electrons. The van der Waals surface area contributed by atoms with E-state index < -0.39 is 0 Å². The predicted molar refractivity (Wildman–Crippen MR) is 87.7 cm³/mol. The Morgan fingerprint density at radius 1 is 1.48 bits per heavy atom. The Morgan fingerprint density at radius 2 is 2.19 bits per heavy atom. The molecule has 3 rings (SSSR count). The lowest BCUT2D eigenvalue weighted by molar-refractivity contribution is 0.0702. The van der Waals surface area contributed by atoms with Crippen molar-refractivity contribution >= 4 is 33.1 Å². The van der Waals surface area contributed by atoms with E-state index in [1.807, 2.05) is 24.0 Å². The average molecular weight is 303 g/mol. The number of hydrogen-bond acceptors (Lipinski definition) is 4. The normalized spacial score (nSPS) is 14.9. The summed E-state index contributed by atoms with van der Waals surface area (Å²) in [6, 6.07) is 4.09. The lowest BCUT2D eigenvalue weighted by Crippen LogP contribution is -2.38. The molecule has 2 heterocycles. The third-order valence-corrected chi connectivity index (χ3v) is 5.07. The number of anilines is 1. The van der Waals surface area contributed by atoms with Gasteiger partial charge in [0, 0.05) is 23.7 Å². The first-order chi connectivity index (χ1) is 9.97. The second-order valence-electron chi connectivity index (χ2n) is 6.14. The Morgan fingerprint density at radius 3 is 2.81 bits per heavy atom. The number of carbonyl (C=O) groups excluding carboxylic acids is 1. The highest BCUT2D eigenvalue weighted by Crippen LogP contribution is 2.35. The summed E-state index contributed by atoms with van der Waals surface area (Å²) in [5, 5.41) is 0.893. The Balaban J connectivity index is 1.97. The lowest BCUT2D eigenvalue weighted by atomic mass is 10.2. The number of pyridine rings is 1. The number of thiophene rings is 1. The smallest absolute Gasteiger partial charge is 0.266 e. The van der Waals surface area contributed by atoms with E-state index in [4.69, 9.17) is 5.73 Å². The molecule has 0 saturated heterocycles. The zero-order valence-corrected chi connectivity index (χ0v) is 13.5. The van der Waals surface area contributed by atoms with Gasteiger partial charge in [-0.2, -0.15) is 0 Å². The van der Waals surface area contributed by atoms with Gasteiger partial charge in [-0.3, -0.25) is 4.79 Å². The first-order valence-corrected chi connectivity index (χ1v) is 8.25. The van der Waals surface area contributed by atoms with E-state index in [0.29, 0.717) is 16.5 Å². The molecule has 1 saturated carbocycles. The minimum absolute atomic E-state index is 0.0510. The number of hydrogen-bond donors (Lipinski definition) is 1. The maximum Gasteiger partial charge on any atom is 0.266 e. The van der Waals surface area contributed by atoms with Crippen LogP contribution in [0.4, 0.5) is 5.69 Å².